The van der Waals surface area contributed by atoms with Crippen LogP contribution in [0.3, 0.4) is 0 Å². The zero-order valence-corrected chi connectivity index (χ0v) is 11.0. The highest BCUT2D eigenvalue weighted by Gasteiger charge is 2.07. The summed E-state index contributed by atoms with van der Waals surface area (Å²) in [5.74, 6) is 1.83. The molecule has 1 atom stereocenters. The van der Waals surface area contributed by atoms with E-state index in [-0.39, 0.29) is 12.2 Å². The third kappa shape index (κ3) is 4.45. The summed E-state index contributed by atoms with van der Waals surface area (Å²) >= 11 is 1.75. The molecule has 3 heteroatoms. The van der Waals surface area contributed by atoms with Gasteiger partial charge in [-0.2, -0.15) is 11.8 Å². The van der Waals surface area contributed by atoms with Crippen molar-refractivity contribution in [3.8, 4) is 5.75 Å². The summed E-state index contributed by atoms with van der Waals surface area (Å²) in [5, 5.41) is 9.87. The van der Waals surface area contributed by atoms with E-state index in [4.69, 9.17) is 4.74 Å². The number of benzene rings is 1. The molecule has 2 nitrogen and oxygen atoms in total. The van der Waals surface area contributed by atoms with Crippen LogP contribution in [-0.4, -0.2) is 23.2 Å². The lowest BCUT2D eigenvalue weighted by Gasteiger charge is -2.13. The number of rotatable bonds is 6. The van der Waals surface area contributed by atoms with Crippen LogP contribution in [0.2, 0.25) is 0 Å². The number of hydrogen-bond donors (Lipinski definition) is 1. The Bertz CT molecular complexity index is 295. The Morgan fingerprint density at radius 1 is 1.25 bits per heavy atom. The fraction of sp³-hybridized carbons (Fsp3) is 0.538. The van der Waals surface area contributed by atoms with E-state index >= 15 is 0 Å². The lowest BCUT2D eigenvalue weighted by atomic mass is 10.1. The van der Waals surface area contributed by atoms with E-state index in [9.17, 15) is 5.11 Å². The van der Waals surface area contributed by atoms with Crippen LogP contribution in [0.15, 0.2) is 24.3 Å². The van der Waals surface area contributed by atoms with Gasteiger partial charge in [0.25, 0.3) is 0 Å². The minimum absolute atomic E-state index is 0.187. The lowest BCUT2D eigenvalue weighted by molar-refractivity contribution is 0.175. The molecule has 0 heterocycles. The van der Waals surface area contributed by atoms with Gasteiger partial charge in [0, 0.05) is 0 Å². The van der Waals surface area contributed by atoms with Crippen LogP contribution < -0.4 is 4.74 Å². The fourth-order valence-corrected chi connectivity index (χ4v) is 1.90. The summed E-state index contributed by atoms with van der Waals surface area (Å²) in [6.07, 6.45) is 2.67. The average molecular weight is 240 g/mol. The van der Waals surface area contributed by atoms with Gasteiger partial charge in [0.05, 0.1) is 12.2 Å². The molecule has 0 aliphatic rings. The molecule has 0 saturated heterocycles. The average Bonchev–Trinajstić information content (AvgIpc) is 2.26. The van der Waals surface area contributed by atoms with Crippen molar-refractivity contribution in [1.82, 2.24) is 0 Å². The van der Waals surface area contributed by atoms with Gasteiger partial charge in [0.2, 0.25) is 0 Å². The molecule has 1 rings (SSSR count). The summed E-state index contributed by atoms with van der Waals surface area (Å²) in [7, 11) is 0. The molecule has 0 aliphatic carbocycles. The van der Waals surface area contributed by atoms with Gasteiger partial charge >= 0.3 is 0 Å². The Morgan fingerprint density at radius 2 is 1.88 bits per heavy atom. The van der Waals surface area contributed by atoms with Crippen molar-refractivity contribution in [3.63, 3.8) is 0 Å². The molecule has 0 saturated carbocycles. The minimum Gasteiger partial charge on any atom is -0.491 e. The third-order valence-electron chi connectivity index (χ3n) is 2.23. The summed E-state index contributed by atoms with van der Waals surface area (Å²) in [6.45, 7) is 4.00. The van der Waals surface area contributed by atoms with Gasteiger partial charge < -0.3 is 9.84 Å². The Kier molecular flexibility index (Phi) is 5.71. The van der Waals surface area contributed by atoms with E-state index in [2.05, 4.69) is 0 Å². The number of aliphatic hydroxyl groups is 1. The molecule has 0 amide bonds. The first-order chi connectivity index (χ1) is 7.63. The van der Waals surface area contributed by atoms with Gasteiger partial charge in [-0.3, -0.25) is 0 Å². The number of hydrogen-bond acceptors (Lipinski definition) is 3. The van der Waals surface area contributed by atoms with Gasteiger partial charge in [-0.15, -0.1) is 0 Å². The molecule has 0 aromatic heterocycles. The molecule has 0 bridgehead atoms. The highest BCUT2D eigenvalue weighted by molar-refractivity contribution is 7.98. The van der Waals surface area contributed by atoms with Crippen molar-refractivity contribution >= 4 is 11.8 Å². The molecule has 16 heavy (non-hydrogen) atoms. The molecule has 0 fully saturated rings. The monoisotopic (exact) mass is 240 g/mol. The van der Waals surface area contributed by atoms with Crippen molar-refractivity contribution < 1.29 is 9.84 Å². The lowest BCUT2D eigenvalue weighted by Crippen LogP contribution is -2.05. The molecule has 0 spiro atoms. The van der Waals surface area contributed by atoms with E-state index in [1.807, 2.05) is 44.4 Å². The van der Waals surface area contributed by atoms with E-state index in [0.29, 0.717) is 0 Å². The van der Waals surface area contributed by atoms with E-state index in [1.165, 1.54) is 0 Å². The molecule has 0 radical (unpaired) electrons. The van der Waals surface area contributed by atoms with Crippen LogP contribution in [0.5, 0.6) is 5.75 Å². The van der Waals surface area contributed by atoms with Crippen molar-refractivity contribution in [1.29, 1.82) is 0 Å². The summed E-state index contributed by atoms with van der Waals surface area (Å²) in [6, 6.07) is 7.70. The highest BCUT2D eigenvalue weighted by atomic mass is 32.2. The number of ether oxygens (including phenoxy) is 1. The van der Waals surface area contributed by atoms with E-state index < -0.39 is 0 Å². The van der Waals surface area contributed by atoms with Crippen molar-refractivity contribution in [3.05, 3.63) is 29.8 Å². The highest BCUT2D eigenvalue weighted by Crippen LogP contribution is 2.21. The first-order valence-electron chi connectivity index (χ1n) is 5.57. The quantitative estimate of drug-likeness (QED) is 0.827. The zero-order valence-electron chi connectivity index (χ0n) is 10.1. The summed E-state index contributed by atoms with van der Waals surface area (Å²) < 4.78 is 5.54. The zero-order chi connectivity index (χ0) is 12.0. The molecular formula is C13H20O2S. The predicted molar refractivity (Wildman–Crippen MR) is 70.2 cm³/mol. The summed E-state index contributed by atoms with van der Waals surface area (Å²) in [4.78, 5) is 0. The molecule has 1 unspecified atom stereocenters. The van der Waals surface area contributed by atoms with Crippen LogP contribution in [0.1, 0.15) is 31.9 Å². The normalized spacial score (nSPS) is 12.8. The second-order valence-corrected chi connectivity index (χ2v) is 5.02. The van der Waals surface area contributed by atoms with Crippen molar-refractivity contribution in [2.24, 2.45) is 0 Å². The van der Waals surface area contributed by atoms with Crippen LogP contribution in [0.4, 0.5) is 0 Å². The SMILES string of the molecule is CSCCC(O)c1ccc(OC(C)C)cc1. The Morgan fingerprint density at radius 3 is 2.38 bits per heavy atom. The topological polar surface area (TPSA) is 29.5 Å². The molecular weight excluding hydrogens is 220 g/mol. The first kappa shape index (κ1) is 13.4. The van der Waals surface area contributed by atoms with Crippen molar-refractivity contribution in [2.75, 3.05) is 12.0 Å². The molecule has 1 aromatic rings. The van der Waals surface area contributed by atoms with Gasteiger partial charge in [-0.25, -0.2) is 0 Å². The summed E-state index contributed by atoms with van der Waals surface area (Å²) in [5.41, 5.74) is 0.963. The Labute approximate surface area is 102 Å². The maximum atomic E-state index is 9.87. The second-order valence-electron chi connectivity index (χ2n) is 4.03. The van der Waals surface area contributed by atoms with Crippen LogP contribution >= 0.6 is 11.8 Å². The van der Waals surface area contributed by atoms with Crippen LogP contribution in [-0.2, 0) is 0 Å². The smallest absolute Gasteiger partial charge is 0.119 e. The van der Waals surface area contributed by atoms with Crippen LogP contribution in [0.25, 0.3) is 0 Å². The molecule has 1 N–H and O–H groups in total. The number of thioether (sulfide) groups is 1. The Balaban J connectivity index is 2.56. The fourth-order valence-electron chi connectivity index (χ4n) is 1.44. The maximum absolute atomic E-state index is 9.87. The van der Waals surface area contributed by atoms with E-state index in [0.717, 1.165) is 23.5 Å². The third-order valence-corrected chi connectivity index (χ3v) is 2.88. The van der Waals surface area contributed by atoms with Crippen LogP contribution in [0, 0.1) is 0 Å². The largest absolute Gasteiger partial charge is 0.491 e. The first-order valence-corrected chi connectivity index (χ1v) is 6.96. The predicted octanol–water partition coefficient (Wildman–Crippen LogP) is 3.26. The van der Waals surface area contributed by atoms with Gasteiger partial charge in [-0.1, -0.05) is 12.1 Å². The standard InChI is InChI=1S/C13H20O2S/c1-10(2)15-12-6-4-11(5-7-12)13(14)8-9-16-3/h4-7,10,13-14H,8-9H2,1-3H3. The molecule has 1 aromatic carbocycles. The molecule has 90 valence electrons. The second kappa shape index (κ2) is 6.81. The Hall–Kier alpha value is -0.670. The van der Waals surface area contributed by atoms with Gasteiger partial charge in [-0.05, 0) is 50.0 Å². The molecule has 0 aliphatic heterocycles. The maximum Gasteiger partial charge on any atom is 0.119 e. The minimum atomic E-state index is -0.361. The van der Waals surface area contributed by atoms with Crippen molar-refractivity contribution in [2.45, 2.75) is 32.5 Å². The van der Waals surface area contributed by atoms with Gasteiger partial charge in [0.1, 0.15) is 5.75 Å². The van der Waals surface area contributed by atoms with E-state index in [1.54, 1.807) is 11.8 Å². The number of aliphatic hydroxyl groups excluding tert-OH is 1. The van der Waals surface area contributed by atoms with Gasteiger partial charge in [0.15, 0.2) is 0 Å².